The van der Waals surface area contributed by atoms with Crippen molar-refractivity contribution in [2.75, 3.05) is 32.6 Å². The molecular formula is C20H23N3O7S. The van der Waals surface area contributed by atoms with Crippen LogP contribution in [0.3, 0.4) is 0 Å². The number of piperidine rings is 1. The summed E-state index contributed by atoms with van der Waals surface area (Å²) in [5, 5.41) is 13.6. The van der Waals surface area contributed by atoms with Gasteiger partial charge in [-0.05, 0) is 31.0 Å². The standard InChI is InChI=1S/C20H23N3O7S/c1-29-17-6-7-18(30-2)19(13-17)31(27,28)22-10-8-14(9-11-22)20(24)21-15-4-3-5-16(12-15)23(25)26/h3-7,12-14H,8-11H2,1-2H3,(H,21,24). The van der Waals surface area contributed by atoms with E-state index in [4.69, 9.17) is 9.47 Å². The van der Waals surface area contributed by atoms with Gasteiger partial charge in [-0.3, -0.25) is 14.9 Å². The Hall–Kier alpha value is -3.18. The SMILES string of the molecule is COc1ccc(OC)c(S(=O)(=O)N2CCC(C(=O)Nc3cccc([N+](=O)[O-])c3)CC2)c1. The molecule has 0 aromatic heterocycles. The summed E-state index contributed by atoms with van der Waals surface area (Å²) in [4.78, 5) is 22.9. The Morgan fingerprint density at radius 3 is 2.45 bits per heavy atom. The summed E-state index contributed by atoms with van der Waals surface area (Å²) in [6.07, 6.45) is 0.651. The molecule has 10 nitrogen and oxygen atoms in total. The van der Waals surface area contributed by atoms with Crippen LogP contribution in [0.5, 0.6) is 11.5 Å². The molecule has 0 atom stereocenters. The van der Waals surface area contributed by atoms with Gasteiger partial charge < -0.3 is 14.8 Å². The van der Waals surface area contributed by atoms with E-state index in [1.54, 1.807) is 12.1 Å². The Bertz CT molecular complexity index is 1080. The summed E-state index contributed by atoms with van der Waals surface area (Å²) in [6, 6.07) is 10.2. The molecule has 2 aromatic carbocycles. The highest BCUT2D eigenvalue weighted by Crippen LogP contribution is 2.33. The molecular weight excluding hydrogens is 426 g/mol. The van der Waals surface area contributed by atoms with Crippen LogP contribution in [-0.4, -0.2) is 50.9 Å². The van der Waals surface area contributed by atoms with Crippen molar-refractivity contribution >= 4 is 27.3 Å². The van der Waals surface area contributed by atoms with Gasteiger partial charge in [-0.2, -0.15) is 4.31 Å². The molecule has 1 aliphatic rings. The number of carbonyl (C=O) groups is 1. The molecule has 0 bridgehead atoms. The van der Waals surface area contributed by atoms with Crippen LogP contribution in [0, 0.1) is 16.0 Å². The van der Waals surface area contributed by atoms with Crippen LogP contribution in [0.2, 0.25) is 0 Å². The molecule has 1 aliphatic heterocycles. The molecule has 0 aliphatic carbocycles. The summed E-state index contributed by atoms with van der Waals surface area (Å²) in [6.45, 7) is 0.325. The number of rotatable bonds is 7. The molecule has 0 unspecified atom stereocenters. The zero-order valence-electron chi connectivity index (χ0n) is 17.1. The first kappa shape index (κ1) is 22.5. The highest BCUT2D eigenvalue weighted by molar-refractivity contribution is 7.89. The van der Waals surface area contributed by atoms with Crippen LogP contribution in [0.25, 0.3) is 0 Å². The molecule has 0 saturated carbocycles. The Labute approximate surface area is 180 Å². The minimum Gasteiger partial charge on any atom is -0.497 e. The first-order chi connectivity index (χ1) is 14.8. The number of non-ortho nitro benzene ring substituents is 1. The second-order valence-corrected chi connectivity index (χ2v) is 8.90. The minimum atomic E-state index is -3.84. The summed E-state index contributed by atoms with van der Waals surface area (Å²) in [5.41, 5.74) is 0.210. The third kappa shape index (κ3) is 4.94. The summed E-state index contributed by atoms with van der Waals surface area (Å²) >= 11 is 0. The number of sulfonamides is 1. The van der Waals surface area contributed by atoms with Crippen LogP contribution >= 0.6 is 0 Å². The number of methoxy groups -OCH3 is 2. The number of nitrogens with one attached hydrogen (secondary N) is 1. The monoisotopic (exact) mass is 449 g/mol. The molecule has 1 heterocycles. The van der Waals surface area contributed by atoms with Crippen molar-refractivity contribution < 1.29 is 27.6 Å². The number of nitro benzene ring substituents is 1. The molecule has 1 amide bonds. The molecule has 31 heavy (non-hydrogen) atoms. The van der Waals surface area contributed by atoms with Gasteiger partial charge in [0.2, 0.25) is 15.9 Å². The Balaban J connectivity index is 1.68. The topological polar surface area (TPSA) is 128 Å². The van der Waals surface area contributed by atoms with Crippen molar-refractivity contribution in [1.29, 1.82) is 0 Å². The van der Waals surface area contributed by atoms with E-state index in [0.717, 1.165) is 0 Å². The molecule has 1 fully saturated rings. The largest absolute Gasteiger partial charge is 0.497 e. The quantitative estimate of drug-likeness (QED) is 0.508. The highest BCUT2D eigenvalue weighted by atomic mass is 32.2. The normalized spacial score (nSPS) is 15.3. The number of benzene rings is 2. The van der Waals surface area contributed by atoms with Gasteiger partial charge in [0, 0.05) is 42.9 Å². The van der Waals surface area contributed by atoms with Crippen molar-refractivity contribution in [2.24, 2.45) is 5.92 Å². The van der Waals surface area contributed by atoms with E-state index in [-0.39, 0.29) is 35.3 Å². The molecule has 166 valence electrons. The molecule has 11 heteroatoms. The lowest BCUT2D eigenvalue weighted by Gasteiger charge is -2.31. The van der Waals surface area contributed by atoms with Crippen molar-refractivity contribution in [3.05, 3.63) is 52.6 Å². The van der Waals surface area contributed by atoms with Gasteiger partial charge in [0.1, 0.15) is 16.4 Å². The van der Waals surface area contributed by atoms with Crippen molar-refractivity contribution in [2.45, 2.75) is 17.7 Å². The second-order valence-electron chi connectivity index (χ2n) is 6.99. The van der Waals surface area contributed by atoms with Gasteiger partial charge in [0.05, 0.1) is 19.1 Å². The first-order valence-electron chi connectivity index (χ1n) is 9.53. The van der Waals surface area contributed by atoms with E-state index < -0.39 is 20.9 Å². The maximum absolute atomic E-state index is 13.1. The predicted molar refractivity (Wildman–Crippen MR) is 113 cm³/mol. The van der Waals surface area contributed by atoms with E-state index in [2.05, 4.69) is 5.32 Å². The van der Waals surface area contributed by atoms with E-state index in [1.165, 1.54) is 48.9 Å². The fourth-order valence-corrected chi connectivity index (χ4v) is 5.06. The van der Waals surface area contributed by atoms with Gasteiger partial charge in [-0.15, -0.1) is 0 Å². The fourth-order valence-electron chi connectivity index (χ4n) is 3.42. The molecule has 1 N–H and O–H groups in total. The summed E-state index contributed by atoms with van der Waals surface area (Å²) in [5.74, 6) is -0.0913. The average Bonchev–Trinajstić information content (AvgIpc) is 2.78. The summed E-state index contributed by atoms with van der Waals surface area (Å²) in [7, 11) is -0.997. The van der Waals surface area contributed by atoms with E-state index in [1.807, 2.05) is 0 Å². The van der Waals surface area contributed by atoms with Gasteiger partial charge in [-0.25, -0.2) is 8.42 Å². The van der Waals surface area contributed by atoms with E-state index in [9.17, 15) is 23.3 Å². The lowest BCUT2D eigenvalue weighted by Crippen LogP contribution is -2.41. The maximum atomic E-state index is 13.1. The Morgan fingerprint density at radius 2 is 1.84 bits per heavy atom. The van der Waals surface area contributed by atoms with Gasteiger partial charge in [0.15, 0.2) is 0 Å². The third-order valence-electron chi connectivity index (χ3n) is 5.14. The number of ether oxygens (including phenoxy) is 2. The lowest BCUT2D eigenvalue weighted by molar-refractivity contribution is -0.384. The van der Waals surface area contributed by atoms with E-state index >= 15 is 0 Å². The summed E-state index contributed by atoms with van der Waals surface area (Å²) < 4.78 is 37.9. The van der Waals surface area contributed by atoms with Crippen molar-refractivity contribution in [1.82, 2.24) is 4.31 Å². The van der Waals surface area contributed by atoms with Crippen LogP contribution in [0.15, 0.2) is 47.4 Å². The number of amides is 1. The number of nitro groups is 1. The number of carbonyl (C=O) groups excluding carboxylic acids is 1. The lowest BCUT2D eigenvalue weighted by atomic mass is 9.97. The van der Waals surface area contributed by atoms with Crippen LogP contribution in [0.4, 0.5) is 11.4 Å². The zero-order valence-corrected chi connectivity index (χ0v) is 17.9. The van der Waals surface area contributed by atoms with Gasteiger partial charge >= 0.3 is 0 Å². The van der Waals surface area contributed by atoms with E-state index in [0.29, 0.717) is 24.3 Å². The van der Waals surface area contributed by atoms with Crippen molar-refractivity contribution in [3.8, 4) is 11.5 Å². The molecule has 3 rings (SSSR count). The molecule has 0 spiro atoms. The Morgan fingerprint density at radius 1 is 1.13 bits per heavy atom. The zero-order chi connectivity index (χ0) is 22.6. The second kappa shape index (κ2) is 9.31. The van der Waals surface area contributed by atoms with Crippen LogP contribution in [-0.2, 0) is 14.8 Å². The molecule has 2 aromatic rings. The minimum absolute atomic E-state index is 0.00819. The fraction of sp³-hybridized carbons (Fsp3) is 0.350. The highest BCUT2D eigenvalue weighted by Gasteiger charge is 2.34. The smallest absolute Gasteiger partial charge is 0.271 e. The number of hydrogen-bond donors (Lipinski definition) is 1. The van der Waals surface area contributed by atoms with Crippen LogP contribution < -0.4 is 14.8 Å². The van der Waals surface area contributed by atoms with Gasteiger partial charge in [-0.1, -0.05) is 6.07 Å². The Kier molecular flexibility index (Phi) is 6.76. The molecule has 0 radical (unpaired) electrons. The molecule has 1 saturated heterocycles. The first-order valence-corrected chi connectivity index (χ1v) is 11.0. The number of nitrogens with zero attached hydrogens (tertiary/aromatic N) is 2. The van der Waals surface area contributed by atoms with Crippen molar-refractivity contribution in [3.63, 3.8) is 0 Å². The third-order valence-corrected chi connectivity index (χ3v) is 7.06. The number of anilines is 1. The average molecular weight is 449 g/mol. The maximum Gasteiger partial charge on any atom is 0.271 e. The predicted octanol–water partition coefficient (Wildman–Crippen LogP) is 2.65. The number of hydrogen-bond acceptors (Lipinski definition) is 7. The van der Waals surface area contributed by atoms with Gasteiger partial charge in [0.25, 0.3) is 5.69 Å². The van der Waals surface area contributed by atoms with Crippen LogP contribution in [0.1, 0.15) is 12.8 Å².